The smallest absolute Gasteiger partial charge is 0.257 e. The molecule has 3 heterocycles. The molecule has 0 saturated carbocycles. The maximum atomic E-state index is 13.4. The number of fused-ring (bicyclic) bond motifs is 2. The SMILES string of the molecule is CC(C)c1c(C(=O)N2CCc3ccccc3C2)cnc2cc(C(C)(C)C)nn12. The van der Waals surface area contributed by atoms with Gasteiger partial charge in [0.2, 0.25) is 0 Å². The van der Waals surface area contributed by atoms with Gasteiger partial charge in [-0.25, -0.2) is 9.50 Å². The highest BCUT2D eigenvalue weighted by Crippen LogP contribution is 2.27. The molecule has 1 aromatic carbocycles. The van der Waals surface area contributed by atoms with Crippen LogP contribution in [0, 0.1) is 0 Å². The molecule has 0 unspecified atom stereocenters. The molecule has 2 aromatic heterocycles. The number of hydrogen-bond donors (Lipinski definition) is 0. The molecule has 0 fully saturated rings. The Bertz CT molecular complexity index is 1040. The number of carbonyl (C=O) groups is 1. The molecule has 0 radical (unpaired) electrons. The van der Waals surface area contributed by atoms with Crippen LogP contribution in [0.2, 0.25) is 0 Å². The van der Waals surface area contributed by atoms with Gasteiger partial charge in [0.25, 0.3) is 5.91 Å². The maximum absolute atomic E-state index is 13.4. The summed E-state index contributed by atoms with van der Waals surface area (Å²) in [6.07, 6.45) is 2.63. The van der Waals surface area contributed by atoms with E-state index in [0.29, 0.717) is 12.1 Å². The zero-order chi connectivity index (χ0) is 20.1. The monoisotopic (exact) mass is 376 g/mol. The third-order valence-corrected chi connectivity index (χ3v) is 5.48. The molecular formula is C23H28N4O. The van der Waals surface area contributed by atoms with E-state index in [2.05, 4.69) is 57.8 Å². The van der Waals surface area contributed by atoms with Crippen LogP contribution in [-0.4, -0.2) is 31.9 Å². The fourth-order valence-corrected chi connectivity index (χ4v) is 3.88. The number of rotatable bonds is 2. The average Bonchev–Trinajstić information content (AvgIpc) is 3.10. The number of aromatic nitrogens is 3. The zero-order valence-corrected chi connectivity index (χ0v) is 17.4. The Morgan fingerprint density at radius 2 is 1.86 bits per heavy atom. The van der Waals surface area contributed by atoms with Gasteiger partial charge in [0.15, 0.2) is 5.65 Å². The Morgan fingerprint density at radius 1 is 1.14 bits per heavy atom. The number of carbonyl (C=O) groups excluding carboxylic acids is 1. The lowest BCUT2D eigenvalue weighted by molar-refractivity contribution is 0.0732. The maximum Gasteiger partial charge on any atom is 0.257 e. The zero-order valence-electron chi connectivity index (χ0n) is 17.4. The molecule has 28 heavy (non-hydrogen) atoms. The molecule has 0 bridgehead atoms. The molecule has 5 nitrogen and oxygen atoms in total. The van der Waals surface area contributed by atoms with Gasteiger partial charge in [-0.2, -0.15) is 5.10 Å². The molecule has 4 rings (SSSR count). The summed E-state index contributed by atoms with van der Waals surface area (Å²) in [7, 11) is 0. The van der Waals surface area contributed by atoms with Crippen LogP contribution in [-0.2, 0) is 18.4 Å². The summed E-state index contributed by atoms with van der Waals surface area (Å²) in [5.74, 6) is 0.203. The standard InChI is InChI=1S/C23H28N4O/c1-15(2)21-18(13-24-20-12-19(23(3,4)5)25-27(20)21)22(28)26-11-10-16-8-6-7-9-17(16)14-26/h6-9,12-13,15H,10-11,14H2,1-5H3. The van der Waals surface area contributed by atoms with Gasteiger partial charge >= 0.3 is 0 Å². The summed E-state index contributed by atoms with van der Waals surface area (Å²) >= 11 is 0. The van der Waals surface area contributed by atoms with E-state index < -0.39 is 0 Å². The van der Waals surface area contributed by atoms with Crippen molar-refractivity contribution in [1.29, 1.82) is 0 Å². The molecule has 0 saturated heterocycles. The normalized spacial score (nSPS) is 14.6. The highest BCUT2D eigenvalue weighted by atomic mass is 16.2. The van der Waals surface area contributed by atoms with Crippen molar-refractivity contribution in [2.75, 3.05) is 6.54 Å². The van der Waals surface area contributed by atoms with Gasteiger partial charge in [0, 0.05) is 30.8 Å². The van der Waals surface area contributed by atoms with Crippen LogP contribution < -0.4 is 0 Å². The first kappa shape index (κ1) is 18.7. The molecule has 1 aliphatic heterocycles. The number of benzene rings is 1. The van der Waals surface area contributed by atoms with Gasteiger partial charge in [-0.05, 0) is 23.5 Å². The second-order valence-electron chi connectivity index (χ2n) is 9.01. The van der Waals surface area contributed by atoms with Crippen LogP contribution in [0.5, 0.6) is 0 Å². The first-order chi connectivity index (χ1) is 13.3. The summed E-state index contributed by atoms with van der Waals surface area (Å²) in [6.45, 7) is 12.0. The Morgan fingerprint density at radius 3 is 2.54 bits per heavy atom. The van der Waals surface area contributed by atoms with Crippen molar-refractivity contribution in [3.63, 3.8) is 0 Å². The fourth-order valence-electron chi connectivity index (χ4n) is 3.88. The Balaban J connectivity index is 1.76. The van der Waals surface area contributed by atoms with Crippen molar-refractivity contribution in [1.82, 2.24) is 19.5 Å². The average molecular weight is 377 g/mol. The third-order valence-electron chi connectivity index (χ3n) is 5.48. The van der Waals surface area contributed by atoms with E-state index in [-0.39, 0.29) is 17.2 Å². The Kier molecular flexibility index (Phi) is 4.48. The number of hydrogen-bond acceptors (Lipinski definition) is 3. The third kappa shape index (κ3) is 3.19. The van der Waals surface area contributed by atoms with E-state index in [1.54, 1.807) is 6.20 Å². The van der Waals surface area contributed by atoms with Crippen LogP contribution in [0.4, 0.5) is 0 Å². The van der Waals surface area contributed by atoms with Gasteiger partial charge in [-0.3, -0.25) is 4.79 Å². The second-order valence-corrected chi connectivity index (χ2v) is 9.01. The molecule has 3 aromatic rings. The quantitative estimate of drug-likeness (QED) is 0.668. The van der Waals surface area contributed by atoms with Crippen LogP contribution in [0.25, 0.3) is 5.65 Å². The minimum atomic E-state index is -0.0668. The molecule has 1 aliphatic rings. The lowest BCUT2D eigenvalue weighted by Gasteiger charge is -2.29. The molecule has 146 valence electrons. The van der Waals surface area contributed by atoms with E-state index in [4.69, 9.17) is 5.10 Å². The molecular weight excluding hydrogens is 348 g/mol. The van der Waals surface area contributed by atoms with Crippen molar-refractivity contribution in [2.24, 2.45) is 0 Å². The predicted molar refractivity (Wildman–Crippen MR) is 111 cm³/mol. The highest BCUT2D eigenvalue weighted by molar-refractivity contribution is 5.95. The fraction of sp³-hybridized carbons (Fsp3) is 0.435. The first-order valence-corrected chi connectivity index (χ1v) is 10.0. The van der Waals surface area contributed by atoms with Gasteiger partial charge in [-0.15, -0.1) is 0 Å². The van der Waals surface area contributed by atoms with Crippen molar-refractivity contribution < 1.29 is 4.79 Å². The molecule has 1 amide bonds. The van der Waals surface area contributed by atoms with E-state index in [9.17, 15) is 4.79 Å². The first-order valence-electron chi connectivity index (χ1n) is 10.0. The molecule has 0 atom stereocenters. The summed E-state index contributed by atoms with van der Waals surface area (Å²) in [5, 5.41) is 4.81. The summed E-state index contributed by atoms with van der Waals surface area (Å²) in [5.41, 5.74) is 5.88. The lowest BCUT2D eigenvalue weighted by Crippen LogP contribution is -2.37. The van der Waals surface area contributed by atoms with Gasteiger partial charge in [0.05, 0.1) is 17.0 Å². The highest BCUT2D eigenvalue weighted by Gasteiger charge is 2.27. The molecule has 0 spiro atoms. The van der Waals surface area contributed by atoms with Crippen molar-refractivity contribution >= 4 is 11.6 Å². The van der Waals surface area contributed by atoms with E-state index >= 15 is 0 Å². The lowest BCUT2D eigenvalue weighted by atomic mass is 9.93. The van der Waals surface area contributed by atoms with Crippen LogP contribution in [0.3, 0.4) is 0 Å². The minimum absolute atomic E-state index is 0.0420. The predicted octanol–water partition coefficient (Wildman–Crippen LogP) is 4.35. The summed E-state index contributed by atoms with van der Waals surface area (Å²) in [6, 6.07) is 10.4. The summed E-state index contributed by atoms with van der Waals surface area (Å²) < 4.78 is 1.87. The Labute approximate surface area is 166 Å². The topological polar surface area (TPSA) is 50.5 Å². The van der Waals surface area contributed by atoms with Gasteiger partial charge in [-0.1, -0.05) is 58.9 Å². The minimum Gasteiger partial charge on any atom is -0.334 e. The number of amides is 1. The molecule has 5 heteroatoms. The van der Waals surface area contributed by atoms with Gasteiger partial charge in [0.1, 0.15) is 0 Å². The van der Waals surface area contributed by atoms with E-state index in [1.165, 1.54) is 11.1 Å². The molecule has 0 N–H and O–H groups in total. The van der Waals surface area contributed by atoms with E-state index in [0.717, 1.165) is 30.0 Å². The van der Waals surface area contributed by atoms with Crippen LogP contribution in [0.15, 0.2) is 36.5 Å². The van der Waals surface area contributed by atoms with Crippen LogP contribution in [0.1, 0.15) is 73.4 Å². The largest absolute Gasteiger partial charge is 0.334 e. The molecule has 0 aliphatic carbocycles. The van der Waals surface area contributed by atoms with Gasteiger partial charge < -0.3 is 4.90 Å². The van der Waals surface area contributed by atoms with Crippen molar-refractivity contribution in [3.05, 3.63) is 64.6 Å². The second kappa shape index (κ2) is 6.73. The summed E-state index contributed by atoms with van der Waals surface area (Å²) in [4.78, 5) is 19.9. The number of nitrogens with zero attached hydrogens (tertiary/aromatic N) is 4. The Hall–Kier alpha value is -2.69. The van der Waals surface area contributed by atoms with Crippen molar-refractivity contribution in [2.45, 2.75) is 58.9 Å². The van der Waals surface area contributed by atoms with E-state index in [1.807, 2.05) is 21.5 Å². The van der Waals surface area contributed by atoms with Crippen molar-refractivity contribution in [3.8, 4) is 0 Å². The van der Waals surface area contributed by atoms with Crippen LogP contribution >= 0.6 is 0 Å².